The van der Waals surface area contributed by atoms with Gasteiger partial charge in [0.25, 0.3) is 5.88 Å². The van der Waals surface area contributed by atoms with Gasteiger partial charge >= 0.3 is 18.3 Å². The molecule has 0 radical (unpaired) electrons. The number of ether oxygens (including phenoxy) is 4. The topological polar surface area (TPSA) is 148 Å². The third kappa shape index (κ3) is 6.48. The van der Waals surface area contributed by atoms with Crippen LogP contribution in [-0.2, 0) is 26.8 Å². The third-order valence-electron chi connectivity index (χ3n) is 5.45. The first-order valence-electron chi connectivity index (χ1n) is 11.9. The molecule has 0 bridgehead atoms. The Morgan fingerprint density at radius 3 is 2.62 bits per heavy atom. The number of halogens is 3. The highest BCUT2D eigenvalue weighted by atomic mass is 19.4. The summed E-state index contributed by atoms with van der Waals surface area (Å²) in [5.41, 5.74) is -0.328. The molecular formula is C25H23F3N4O8. The third-order valence-corrected chi connectivity index (χ3v) is 5.45. The number of alkyl halides is 3. The lowest BCUT2D eigenvalue weighted by molar-refractivity contribution is -0.142. The van der Waals surface area contributed by atoms with E-state index in [4.69, 9.17) is 19.3 Å². The van der Waals surface area contributed by atoms with Crippen molar-refractivity contribution in [1.29, 1.82) is 0 Å². The van der Waals surface area contributed by atoms with E-state index in [1.54, 1.807) is 6.07 Å². The van der Waals surface area contributed by atoms with Crippen molar-refractivity contribution < 1.29 is 51.3 Å². The number of imidazole rings is 1. The number of nitrogens with zero attached hydrogens (tertiary/aromatic N) is 4. The molecule has 4 aromatic rings. The van der Waals surface area contributed by atoms with Crippen LogP contribution in [0, 0.1) is 0 Å². The maximum absolute atomic E-state index is 13.3. The number of carbonyl (C=O) groups is 2. The maximum atomic E-state index is 13.3. The molecule has 0 aliphatic rings. The van der Waals surface area contributed by atoms with Crippen molar-refractivity contribution in [1.82, 2.24) is 19.5 Å². The van der Waals surface area contributed by atoms with Gasteiger partial charge in [-0.25, -0.2) is 19.6 Å². The molecule has 1 aromatic carbocycles. The minimum Gasteiger partial charge on any atom is -0.462 e. The summed E-state index contributed by atoms with van der Waals surface area (Å²) in [6, 6.07) is 4.66. The quantitative estimate of drug-likeness (QED) is 0.203. The molecule has 0 aliphatic heterocycles. The van der Waals surface area contributed by atoms with E-state index in [2.05, 4.69) is 24.4 Å². The zero-order chi connectivity index (χ0) is 28.7. The lowest BCUT2D eigenvalue weighted by Gasteiger charge is -2.12. The van der Waals surface area contributed by atoms with Crippen molar-refractivity contribution in [3.05, 3.63) is 59.9 Å². The lowest BCUT2D eigenvalue weighted by atomic mass is 10.0. The predicted molar refractivity (Wildman–Crippen MR) is 129 cm³/mol. The van der Waals surface area contributed by atoms with Gasteiger partial charge in [-0.05, 0) is 30.2 Å². The van der Waals surface area contributed by atoms with Gasteiger partial charge in [-0.2, -0.15) is 13.2 Å². The number of aliphatic hydroxyl groups is 1. The molecule has 4 rings (SSSR count). The molecule has 212 valence electrons. The van der Waals surface area contributed by atoms with Gasteiger partial charge in [-0.1, -0.05) is 12.1 Å². The molecule has 40 heavy (non-hydrogen) atoms. The van der Waals surface area contributed by atoms with Crippen LogP contribution < -0.4 is 4.74 Å². The average molecular weight is 564 g/mol. The van der Waals surface area contributed by atoms with Crippen LogP contribution >= 0.6 is 0 Å². The molecule has 0 aliphatic carbocycles. The largest absolute Gasteiger partial charge is 0.508 e. The second-order valence-electron chi connectivity index (χ2n) is 8.08. The number of aromatic nitrogens is 4. The van der Waals surface area contributed by atoms with Crippen LogP contribution in [-0.4, -0.2) is 63.2 Å². The highest BCUT2D eigenvalue weighted by Crippen LogP contribution is 2.37. The first-order chi connectivity index (χ1) is 19.2. The van der Waals surface area contributed by atoms with E-state index in [1.807, 2.05) is 6.92 Å². The Bertz CT molecular complexity index is 1480. The van der Waals surface area contributed by atoms with Crippen molar-refractivity contribution in [2.24, 2.45) is 0 Å². The summed E-state index contributed by atoms with van der Waals surface area (Å²) in [7, 11) is 0. The summed E-state index contributed by atoms with van der Waals surface area (Å²) >= 11 is 0. The average Bonchev–Trinajstić information content (AvgIpc) is 3.59. The molecule has 12 nitrogen and oxygen atoms in total. The second-order valence-corrected chi connectivity index (χ2v) is 8.08. The van der Waals surface area contributed by atoms with E-state index in [1.165, 1.54) is 35.1 Å². The van der Waals surface area contributed by atoms with Crippen LogP contribution in [0.5, 0.6) is 11.6 Å². The van der Waals surface area contributed by atoms with E-state index in [0.717, 1.165) is 6.26 Å². The van der Waals surface area contributed by atoms with Gasteiger partial charge in [0.15, 0.2) is 5.69 Å². The van der Waals surface area contributed by atoms with Crippen molar-refractivity contribution in [3.63, 3.8) is 0 Å². The Kier molecular flexibility index (Phi) is 8.83. The minimum absolute atomic E-state index is 0.0100. The number of benzene rings is 1. The molecule has 1 N–H and O–H groups in total. The molecule has 0 unspecified atom stereocenters. The highest BCUT2D eigenvalue weighted by molar-refractivity contribution is 5.91. The fourth-order valence-corrected chi connectivity index (χ4v) is 3.65. The molecule has 0 saturated heterocycles. The Labute approximate surface area is 224 Å². The van der Waals surface area contributed by atoms with Gasteiger partial charge in [-0.15, -0.1) is 0 Å². The summed E-state index contributed by atoms with van der Waals surface area (Å²) in [4.78, 5) is 32.1. The second kappa shape index (κ2) is 12.5. The molecule has 0 fully saturated rings. The zero-order valence-corrected chi connectivity index (χ0v) is 21.0. The molecule has 0 saturated carbocycles. The van der Waals surface area contributed by atoms with Crippen molar-refractivity contribution in [2.45, 2.75) is 25.9 Å². The van der Waals surface area contributed by atoms with Crippen molar-refractivity contribution >= 4 is 17.8 Å². The Morgan fingerprint density at radius 1 is 1.10 bits per heavy atom. The molecule has 0 spiro atoms. The number of aryl methyl sites for hydroxylation is 1. The standard InChI is InChI=1S/C25H23F3N4O8/c1-2-15-12-16(4-5-17(15)23(34)36-9-3-10-37-24(35)38-11-8-33)40-22-21-30-13-19(32(21)7-6-29-22)18-14-39-31-20(18)25(26,27)28/h4-7,12-14,33H,2-3,8-11H2,1H3. The van der Waals surface area contributed by atoms with E-state index < -0.39 is 24.0 Å². The maximum Gasteiger partial charge on any atom is 0.508 e. The predicted octanol–water partition coefficient (Wildman–Crippen LogP) is 4.45. The number of carbonyl (C=O) groups excluding carboxylic acids is 2. The Morgan fingerprint density at radius 2 is 1.88 bits per heavy atom. The summed E-state index contributed by atoms with van der Waals surface area (Å²) in [5.74, 6) is -0.249. The molecule has 0 atom stereocenters. The molecule has 0 amide bonds. The summed E-state index contributed by atoms with van der Waals surface area (Å²) in [6.45, 7) is 1.30. The van der Waals surface area contributed by atoms with Crippen molar-refractivity contribution in [3.8, 4) is 22.9 Å². The Balaban J connectivity index is 1.44. The van der Waals surface area contributed by atoms with Crippen molar-refractivity contribution in [2.75, 3.05) is 26.4 Å². The van der Waals surface area contributed by atoms with Crippen LogP contribution in [0.3, 0.4) is 0 Å². The minimum atomic E-state index is -4.72. The smallest absolute Gasteiger partial charge is 0.462 e. The SMILES string of the molecule is CCc1cc(Oc2nccn3c(-c4conc4C(F)(F)F)cnc23)ccc1C(=O)OCCCOC(=O)OCCO. The molecule has 3 aromatic heterocycles. The van der Waals surface area contributed by atoms with Crippen LogP contribution in [0.4, 0.5) is 18.0 Å². The number of rotatable bonds is 11. The number of hydrogen-bond acceptors (Lipinski definition) is 11. The fraction of sp³-hybridized carbons (Fsp3) is 0.320. The van der Waals surface area contributed by atoms with E-state index in [0.29, 0.717) is 23.3 Å². The number of fused-ring (bicyclic) bond motifs is 1. The Hall–Kier alpha value is -4.66. The van der Waals surface area contributed by atoms with Gasteiger partial charge in [0, 0.05) is 18.8 Å². The molecular weight excluding hydrogens is 541 g/mol. The van der Waals surface area contributed by atoms with Gasteiger partial charge in [0.1, 0.15) is 18.6 Å². The van der Waals surface area contributed by atoms with Gasteiger partial charge in [0.2, 0.25) is 5.65 Å². The van der Waals surface area contributed by atoms with Crippen LogP contribution in [0.1, 0.15) is 35.0 Å². The van der Waals surface area contributed by atoms with Gasteiger partial charge in [0.05, 0.1) is 42.8 Å². The number of aliphatic hydroxyl groups excluding tert-OH is 1. The van der Waals surface area contributed by atoms with Crippen LogP contribution in [0.2, 0.25) is 0 Å². The zero-order valence-electron chi connectivity index (χ0n) is 21.0. The highest BCUT2D eigenvalue weighted by Gasteiger charge is 2.38. The first-order valence-corrected chi connectivity index (χ1v) is 11.9. The van der Waals surface area contributed by atoms with E-state index in [9.17, 15) is 22.8 Å². The normalized spacial score (nSPS) is 11.4. The number of esters is 1. The lowest BCUT2D eigenvalue weighted by Crippen LogP contribution is -2.14. The van der Waals surface area contributed by atoms with Gasteiger partial charge in [-0.3, -0.25) is 4.40 Å². The van der Waals surface area contributed by atoms with Gasteiger partial charge < -0.3 is 28.6 Å². The molecule has 15 heteroatoms. The first kappa shape index (κ1) is 28.4. The summed E-state index contributed by atoms with van der Waals surface area (Å²) in [6.07, 6.45) is -0.0611. The van der Waals surface area contributed by atoms with E-state index in [-0.39, 0.29) is 55.6 Å². The molecule has 3 heterocycles. The fourth-order valence-electron chi connectivity index (χ4n) is 3.65. The number of hydrogen-bond donors (Lipinski definition) is 1. The monoisotopic (exact) mass is 564 g/mol. The van der Waals surface area contributed by atoms with Crippen LogP contribution in [0.25, 0.3) is 16.9 Å². The van der Waals surface area contributed by atoms with E-state index >= 15 is 0 Å². The summed E-state index contributed by atoms with van der Waals surface area (Å²) in [5, 5.41) is 11.7. The van der Waals surface area contributed by atoms with Crippen LogP contribution in [0.15, 0.2) is 47.6 Å². The summed E-state index contributed by atoms with van der Waals surface area (Å²) < 4.78 is 66.3.